The van der Waals surface area contributed by atoms with E-state index >= 15 is 0 Å². The number of aromatic nitrogens is 3. The Balaban J connectivity index is 1.51. The zero-order valence-corrected chi connectivity index (χ0v) is 18.3. The largest absolute Gasteiger partial charge is 0.331 e. The number of benzene rings is 3. The number of hydrogen-bond donors (Lipinski definition) is 2. The van der Waals surface area contributed by atoms with Crippen molar-refractivity contribution in [3.05, 3.63) is 102 Å². The molecule has 6 nitrogen and oxygen atoms in total. The molecule has 0 bridgehead atoms. The fourth-order valence-corrected chi connectivity index (χ4v) is 3.97. The number of nitrogens with one attached hydrogen (secondary N) is 2. The van der Waals surface area contributed by atoms with Crippen LogP contribution in [0.25, 0.3) is 5.69 Å². The highest BCUT2D eigenvalue weighted by atomic mass is 32.2. The fraction of sp³-hybridized carbons (Fsp3) is 0.125. The lowest BCUT2D eigenvalue weighted by Gasteiger charge is -2.12. The summed E-state index contributed by atoms with van der Waals surface area (Å²) in [6.07, 6.45) is 0. The third kappa shape index (κ3) is 5.53. The number of hydrogen-bond acceptors (Lipinski definition) is 4. The normalized spacial score (nSPS) is 10.7. The number of carbonyl (C=O) groups is 1. The quantitative estimate of drug-likeness (QED) is 0.376. The monoisotopic (exact) mass is 447 g/mol. The molecule has 0 saturated carbocycles. The maximum Gasteiger partial charge on any atom is 0.319 e. The van der Waals surface area contributed by atoms with E-state index in [1.807, 2.05) is 66.1 Å². The third-order valence-electron chi connectivity index (χ3n) is 4.71. The minimum Gasteiger partial charge on any atom is -0.331 e. The summed E-state index contributed by atoms with van der Waals surface area (Å²) < 4.78 is 15.1. The van der Waals surface area contributed by atoms with E-state index < -0.39 is 0 Å². The summed E-state index contributed by atoms with van der Waals surface area (Å²) >= 11 is 1.50. The molecule has 2 N–H and O–H groups in total. The standard InChI is InChI=1S/C24H22FN5OS/c1-17-7-13-21(14-8-17)30-22(15-26-23(31)27-20-5-3-2-4-6-20)28-29-24(30)32-16-18-9-11-19(25)12-10-18/h2-14H,15-16H2,1H3,(H2,26,27,31). The molecule has 0 radical (unpaired) electrons. The first-order valence-electron chi connectivity index (χ1n) is 10.1. The number of urea groups is 1. The van der Waals surface area contributed by atoms with Gasteiger partial charge in [0.15, 0.2) is 11.0 Å². The molecule has 162 valence electrons. The molecule has 0 saturated heterocycles. The number of amides is 2. The molecule has 1 heterocycles. The van der Waals surface area contributed by atoms with Gasteiger partial charge in [-0.2, -0.15) is 0 Å². The van der Waals surface area contributed by atoms with Gasteiger partial charge in [0.05, 0.1) is 6.54 Å². The Labute approximate surface area is 189 Å². The average Bonchev–Trinajstić information content (AvgIpc) is 3.21. The van der Waals surface area contributed by atoms with E-state index in [-0.39, 0.29) is 18.4 Å². The molecule has 0 spiro atoms. The van der Waals surface area contributed by atoms with E-state index in [1.54, 1.807) is 12.1 Å². The van der Waals surface area contributed by atoms with Gasteiger partial charge in [-0.05, 0) is 48.9 Å². The van der Waals surface area contributed by atoms with Crippen molar-refractivity contribution >= 4 is 23.5 Å². The molecule has 0 fully saturated rings. The van der Waals surface area contributed by atoms with E-state index in [4.69, 9.17) is 0 Å². The minimum atomic E-state index is -0.324. The summed E-state index contributed by atoms with van der Waals surface area (Å²) in [6, 6.07) is 23.3. The predicted octanol–water partition coefficient (Wildman–Crippen LogP) is 5.33. The Kier molecular flexibility index (Phi) is 6.81. The average molecular weight is 448 g/mol. The molecule has 0 atom stereocenters. The van der Waals surface area contributed by atoms with Gasteiger partial charge in [-0.15, -0.1) is 10.2 Å². The molecule has 32 heavy (non-hydrogen) atoms. The third-order valence-corrected chi connectivity index (χ3v) is 5.71. The molecule has 2 amide bonds. The van der Waals surface area contributed by atoms with Crippen molar-refractivity contribution in [1.82, 2.24) is 20.1 Å². The number of carbonyl (C=O) groups excluding carboxylic acids is 1. The number of para-hydroxylation sites is 1. The van der Waals surface area contributed by atoms with Crippen molar-refractivity contribution in [2.24, 2.45) is 0 Å². The van der Waals surface area contributed by atoms with Gasteiger partial charge in [-0.3, -0.25) is 4.57 Å². The summed E-state index contributed by atoms with van der Waals surface area (Å²) in [5.74, 6) is 0.967. The molecule has 0 aliphatic rings. The van der Waals surface area contributed by atoms with Gasteiger partial charge < -0.3 is 10.6 Å². The van der Waals surface area contributed by atoms with Gasteiger partial charge in [0, 0.05) is 17.1 Å². The van der Waals surface area contributed by atoms with Crippen LogP contribution in [0.4, 0.5) is 14.9 Å². The van der Waals surface area contributed by atoms with Crippen LogP contribution in [0.2, 0.25) is 0 Å². The van der Waals surface area contributed by atoms with Gasteiger partial charge in [0.25, 0.3) is 0 Å². The van der Waals surface area contributed by atoms with E-state index in [9.17, 15) is 9.18 Å². The van der Waals surface area contributed by atoms with Gasteiger partial charge in [-0.1, -0.05) is 59.8 Å². The second-order valence-electron chi connectivity index (χ2n) is 7.16. The van der Waals surface area contributed by atoms with E-state index in [0.717, 1.165) is 16.8 Å². The summed E-state index contributed by atoms with van der Waals surface area (Å²) in [5, 5.41) is 15.0. The van der Waals surface area contributed by atoms with Gasteiger partial charge >= 0.3 is 6.03 Å². The van der Waals surface area contributed by atoms with Crippen molar-refractivity contribution in [3.8, 4) is 5.69 Å². The highest BCUT2D eigenvalue weighted by Gasteiger charge is 2.15. The predicted molar refractivity (Wildman–Crippen MR) is 124 cm³/mol. The highest BCUT2D eigenvalue weighted by Crippen LogP contribution is 2.25. The number of nitrogens with zero attached hydrogens (tertiary/aromatic N) is 3. The lowest BCUT2D eigenvalue weighted by atomic mass is 10.2. The lowest BCUT2D eigenvalue weighted by molar-refractivity contribution is 0.251. The van der Waals surface area contributed by atoms with E-state index in [2.05, 4.69) is 20.8 Å². The number of aryl methyl sites for hydroxylation is 1. The molecule has 1 aromatic heterocycles. The number of halogens is 1. The number of thioether (sulfide) groups is 1. The smallest absolute Gasteiger partial charge is 0.319 e. The zero-order chi connectivity index (χ0) is 22.3. The zero-order valence-electron chi connectivity index (χ0n) is 17.5. The molecule has 4 rings (SSSR count). The van der Waals surface area contributed by atoms with Crippen molar-refractivity contribution in [2.75, 3.05) is 5.32 Å². The first kappa shape index (κ1) is 21.6. The van der Waals surface area contributed by atoms with Crippen molar-refractivity contribution < 1.29 is 9.18 Å². The topological polar surface area (TPSA) is 71.8 Å². The van der Waals surface area contributed by atoms with Gasteiger partial charge in [0.1, 0.15) is 5.82 Å². The minimum absolute atomic E-state index is 0.205. The second-order valence-corrected chi connectivity index (χ2v) is 8.10. The SMILES string of the molecule is Cc1ccc(-n2c(CNC(=O)Nc3ccccc3)nnc2SCc2ccc(F)cc2)cc1. The van der Waals surface area contributed by atoms with Crippen molar-refractivity contribution in [2.45, 2.75) is 24.4 Å². The van der Waals surface area contributed by atoms with Gasteiger partial charge in [-0.25, -0.2) is 9.18 Å². The Morgan fingerprint density at radius 3 is 2.41 bits per heavy atom. The Hall–Kier alpha value is -3.65. The summed E-state index contributed by atoms with van der Waals surface area (Å²) in [6.45, 7) is 2.23. The van der Waals surface area contributed by atoms with Crippen LogP contribution < -0.4 is 10.6 Å². The van der Waals surface area contributed by atoms with Crippen molar-refractivity contribution in [1.29, 1.82) is 0 Å². The molecule has 4 aromatic rings. The maximum absolute atomic E-state index is 13.2. The lowest BCUT2D eigenvalue weighted by Crippen LogP contribution is -2.29. The second kappa shape index (κ2) is 10.1. The summed E-state index contributed by atoms with van der Waals surface area (Å²) in [5.41, 5.74) is 3.74. The number of rotatable bonds is 7. The molecular formula is C24H22FN5OS. The maximum atomic E-state index is 13.2. The summed E-state index contributed by atoms with van der Waals surface area (Å²) in [7, 11) is 0. The van der Waals surface area contributed by atoms with Crippen LogP contribution in [0.5, 0.6) is 0 Å². The van der Waals surface area contributed by atoms with E-state index in [1.165, 1.54) is 23.9 Å². The van der Waals surface area contributed by atoms with Crippen molar-refractivity contribution in [3.63, 3.8) is 0 Å². The van der Waals surface area contributed by atoms with Gasteiger partial charge in [0.2, 0.25) is 0 Å². The fourth-order valence-electron chi connectivity index (χ4n) is 3.05. The molecule has 3 aromatic carbocycles. The van der Waals surface area contributed by atoms with Crippen LogP contribution in [-0.4, -0.2) is 20.8 Å². The van der Waals surface area contributed by atoms with Crippen LogP contribution >= 0.6 is 11.8 Å². The molecule has 0 unspecified atom stereocenters. The molecule has 0 aliphatic carbocycles. The van der Waals surface area contributed by atoms with Crippen LogP contribution in [0.3, 0.4) is 0 Å². The summed E-state index contributed by atoms with van der Waals surface area (Å²) in [4.78, 5) is 12.3. The van der Waals surface area contributed by atoms with Crippen LogP contribution in [0.15, 0.2) is 84.0 Å². The Bertz CT molecular complexity index is 1180. The molecule has 0 aliphatic heterocycles. The van der Waals surface area contributed by atoms with Crippen LogP contribution in [0, 0.1) is 12.7 Å². The number of anilines is 1. The first-order valence-corrected chi connectivity index (χ1v) is 11.1. The highest BCUT2D eigenvalue weighted by molar-refractivity contribution is 7.98. The van der Waals surface area contributed by atoms with Crippen LogP contribution in [-0.2, 0) is 12.3 Å². The van der Waals surface area contributed by atoms with E-state index in [0.29, 0.717) is 22.4 Å². The van der Waals surface area contributed by atoms with Crippen LogP contribution in [0.1, 0.15) is 17.0 Å². The Morgan fingerprint density at radius 2 is 1.69 bits per heavy atom. The Morgan fingerprint density at radius 1 is 0.969 bits per heavy atom. The first-order chi connectivity index (χ1) is 15.6. The molecule has 8 heteroatoms. The molecular weight excluding hydrogens is 425 g/mol.